The molecule has 1 aromatic heterocycles. The van der Waals surface area contributed by atoms with Gasteiger partial charge in [0.05, 0.1) is 5.92 Å². The van der Waals surface area contributed by atoms with Crippen LogP contribution in [0.1, 0.15) is 32.1 Å². The maximum absolute atomic E-state index is 13.8. The summed E-state index contributed by atoms with van der Waals surface area (Å²) in [5, 5.41) is 12.7. The number of halogens is 2. The van der Waals surface area contributed by atoms with Crippen LogP contribution in [0.4, 0.5) is 10.2 Å². The Balaban J connectivity index is 1.84. The number of nitrogens with zero attached hydrogens (tertiary/aromatic N) is 1. The van der Waals surface area contributed by atoms with Crippen LogP contribution in [0.3, 0.4) is 0 Å². The van der Waals surface area contributed by atoms with E-state index in [1.807, 2.05) is 0 Å². The molecule has 21 heavy (non-hydrogen) atoms. The zero-order chi connectivity index (χ0) is 15.0. The van der Waals surface area contributed by atoms with Gasteiger partial charge in [0.2, 0.25) is 0 Å². The van der Waals surface area contributed by atoms with E-state index in [9.17, 15) is 14.3 Å². The summed E-state index contributed by atoms with van der Waals surface area (Å²) in [4.78, 5) is 15.6. The Morgan fingerprint density at radius 1 is 1.38 bits per heavy atom. The lowest BCUT2D eigenvalue weighted by atomic mass is 9.64. The Bertz CT molecular complexity index is 554. The number of carboxylic acids is 1. The molecule has 6 heteroatoms. The predicted molar refractivity (Wildman–Crippen MR) is 77.8 cm³/mol. The molecule has 3 rings (SSSR count). The highest BCUT2D eigenvalue weighted by Gasteiger charge is 2.44. The van der Waals surface area contributed by atoms with Gasteiger partial charge in [-0.3, -0.25) is 4.79 Å². The second kappa shape index (κ2) is 5.79. The molecule has 0 saturated heterocycles. The average molecular weight is 313 g/mol. The van der Waals surface area contributed by atoms with Crippen molar-refractivity contribution in [3.05, 3.63) is 23.1 Å². The summed E-state index contributed by atoms with van der Waals surface area (Å²) >= 11 is 5.80. The smallest absolute Gasteiger partial charge is 0.308 e. The van der Waals surface area contributed by atoms with Crippen LogP contribution in [0.15, 0.2) is 12.1 Å². The zero-order valence-electron chi connectivity index (χ0n) is 11.6. The summed E-state index contributed by atoms with van der Waals surface area (Å²) in [6, 6.07) is 2.34. The highest BCUT2D eigenvalue weighted by Crippen LogP contribution is 2.44. The van der Waals surface area contributed by atoms with E-state index >= 15 is 0 Å². The Morgan fingerprint density at radius 2 is 2.19 bits per heavy atom. The van der Waals surface area contributed by atoms with Crippen LogP contribution in [-0.2, 0) is 4.79 Å². The molecule has 2 bridgehead atoms. The SMILES string of the molecule is O=C(O)C1C2CCCC(C2)CC1Nc1nc(Cl)ccc1F. The second-order valence-electron chi connectivity index (χ2n) is 6.11. The molecule has 0 aromatic carbocycles. The van der Waals surface area contributed by atoms with E-state index in [2.05, 4.69) is 10.3 Å². The summed E-state index contributed by atoms with van der Waals surface area (Å²) in [6.07, 6.45) is 4.89. The molecule has 1 aromatic rings. The maximum Gasteiger partial charge on any atom is 0.308 e. The van der Waals surface area contributed by atoms with Crippen LogP contribution >= 0.6 is 11.6 Å². The quantitative estimate of drug-likeness (QED) is 0.838. The lowest BCUT2D eigenvalue weighted by molar-refractivity contribution is -0.146. The Morgan fingerprint density at radius 3 is 2.95 bits per heavy atom. The Labute approximate surface area is 127 Å². The molecule has 2 aliphatic rings. The summed E-state index contributed by atoms with van der Waals surface area (Å²) in [5.41, 5.74) is 0. The van der Waals surface area contributed by atoms with Crippen LogP contribution in [0.5, 0.6) is 0 Å². The van der Waals surface area contributed by atoms with E-state index in [0.29, 0.717) is 5.92 Å². The molecular formula is C15H18ClFN2O2. The van der Waals surface area contributed by atoms with Gasteiger partial charge < -0.3 is 10.4 Å². The van der Waals surface area contributed by atoms with Gasteiger partial charge in [0.1, 0.15) is 5.15 Å². The van der Waals surface area contributed by atoms with Crippen molar-refractivity contribution in [3.8, 4) is 0 Å². The summed E-state index contributed by atoms with van der Waals surface area (Å²) in [5.74, 6) is -1.03. The van der Waals surface area contributed by atoms with Crippen molar-refractivity contribution in [2.24, 2.45) is 17.8 Å². The fourth-order valence-electron chi connectivity index (χ4n) is 3.92. The normalized spacial score (nSPS) is 31.7. The van der Waals surface area contributed by atoms with E-state index in [4.69, 9.17) is 11.6 Å². The third-order valence-corrected chi connectivity index (χ3v) is 4.98. The first-order valence-electron chi connectivity index (χ1n) is 7.36. The third-order valence-electron chi connectivity index (χ3n) is 4.77. The van der Waals surface area contributed by atoms with Gasteiger partial charge in [-0.1, -0.05) is 24.4 Å². The number of aliphatic carboxylic acids is 1. The first-order valence-corrected chi connectivity index (χ1v) is 7.74. The number of anilines is 1. The van der Waals surface area contributed by atoms with E-state index in [-0.39, 0.29) is 22.9 Å². The molecular weight excluding hydrogens is 295 g/mol. The van der Waals surface area contributed by atoms with Crippen molar-refractivity contribution in [3.63, 3.8) is 0 Å². The molecule has 1 heterocycles. The first-order chi connectivity index (χ1) is 10.0. The number of nitrogens with one attached hydrogen (secondary N) is 1. The van der Waals surface area contributed by atoms with Crippen LogP contribution in [0.25, 0.3) is 0 Å². The van der Waals surface area contributed by atoms with Crippen molar-refractivity contribution in [1.29, 1.82) is 0 Å². The number of carbonyl (C=O) groups is 1. The highest BCUT2D eigenvalue weighted by molar-refractivity contribution is 6.29. The van der Waals surface area contributed by atoms with Crippen molar-refractivity contribution >= 4 is 23.4 Å². The van der Waals surface area contributed by atoms with Crippen molar-refractivity contribution in [1.82, 2.24) is 4.98 Å². The van der Waals surface area contributed by atoms with Crippen molar-refractivity contribution in [2.45, 2.75) is 38.1 Å². The lowest BCUT2D eigenvalue weighted by Crippen LogP contribution is -2.47. The van der Waals surface area contributed by atoms with Gasteiger partial charge in [-0.05, 0) is 43.2 Å². The second-order valence-corrected chi connectivity index (χ2v) is 6.49. The first kappa shape index (κ1) is 14.6. The minimum Gasteiger partial charge on any atom is -0.481 e. The molecule has 2 N–H and O–H groups in total. The number of hydrogen-bond acceptors (Lipinski definition) is 3. The molecule has 4 unspecified atom stereocenters. The van der Waals surface area contributed by atoms with E-state index in [1.54, 1.807) is 0 Å². The predicted octanol–water partition coefficient (Wildman–Crippen LogP) is 3.57. The molecule has 4 nitrogen and oxygen atoms in total. The lowest BCUT2D eigenvalue weighted by Gasteiger charge is -2.43. The van der Waals surface area contributed by atoms with E-state index in [1.165, 1.54) is 12.1 Å². The number of fused-ring (bicyclic) bond motifs is 2. The molecule has 114 valence electrons. The topological polar surface area (TPSA) is 62.2 Å². The molecule has 2 aliphatic carbocycles. The maximum atomic E-state index is 13.8. The third kappa shape index (κ3) is 2.98. The fourth-order valence-corrected chi connectivity index (χ4v) is 4.07. The minimum atomic E-state index is -0.805. The van der Waals surface area contributed by atoms with E-state index < -0.39 is 17.7 Å². The van der Waals surface area contributed by atoms with Gasteiger partial charge in [0.15, 0.2) is 11.6 Å². The molecule has 0 aliphatic heterocycles. The molecule has 0 radical (unpaired) electrons. The van der Waals surface area contributed by atoms with Gasteiger partial charge in [-0.25, -0.2) is 9.37 Å². The van der Waals surface area contributed by atoms with Crippen molar-refractivity contribution in [2.75, 3.05) is 5.32 Å². The largest absolute Gasteiger partial charge is 0.481 e. The molecule has 4 atom stereocenters. The fraction of sp³-hybridized carbons (Fsp3) is 0.600. The number of pyridine rings is 1. The summed E-state index contributed by atoms with van der Waals surface area (Å²) in [7, 11) is 0. The van der Waals surface area contributed by atoms with Crippen molar-refractivity contribution < 1.29 is 14.3 Å². The van der Waals surface area contributed by atoms with E-state index in [0.717, 1.165) is 32.1 Å². The van der Waals surface area contributed by atoms with Gasteiger partial charge in [0.25, 0.3) is 0 Å². The van der Waals surface area contributed by atoms with Crippen LogP contribution in [-0.4, -0.2) is 22.1 Å². The van der Waals surface area contributed by atoms with Gasteiger partial charge in [-0.15, -0.1) is 0 Å². The summed E-state index contributed by atoms with van der Waals surface area (Å²) in [6.45, 7) is 0. The molecule has 0 spiro atoms. The number of hydrogen-bond donors (Lipinski definition) is 2. The Kier molecular flexibility index (Phi) is 4.02. The van der Waals surface area contributed by atoms with Crippen LogP contribution < -0.4 is 5.32 Å². The van der Waals surface area contributed by atoms with Crippen LogP contribution in [0, 0.1) is 23.6 Å². The van der Waals surface area contributed by atoms with Gasteiger partial charge >= 0.3 is 5.97 Å². The van der Waals surface area contributed by atoms with Crippen LogP contribution in [0.2, 0.25) is 5.15 Å². The summed E-state index contributed by atoms with van der Waals surface area (Å²) < 4.78 is 13.8. The molecule has 2 fully saturated rings. The zero-order valence-corrected chi connectivity index (χ0v) is 12.3. The minimum absolute atomic E-state index is 0.0544. The monoisotopic (exact) mass is 312 g/mol. The highest BCUT2D eigenvalue weighted by atomic mass is 35.5. The standard InChI is InChI=1S/C15H18ClFN2O2/c16-12-5-4-10(17)14(19-12)18-11-7-8-2-1-3-9(6-8)13(11)15(20)21/h4-5,8-9,11,13H,1-3,6-7H2,(H,18,19)(H,20,21). The number of carboxylic acid groups (broad SMARTS) is 1. The number of aromatic nitrogens is 1. The molecule has 2 saturated carbocycles. The van der Waals surface area contributed by atoms with Gasteiger partial charge in [-0.2, -0.15) is 0 Å². The average Bonchev–Trinajstić information content (AvgIpc) is 2.42. The number of rotatable bonds is 3. The molecule has 0 amide bonds. The Hall–Kier alpha value is -1.36. The van der Waals surface area contributed by atoms with Gasteiger partial charge in [0, 0.05) is 6.04 Å².